The molecule has 0 bridgehead atoms. The molecular formula is C13H13ClN4. The van der Waals surface area contributed by atoms with Crippen LogP contribution in [0.3, 0.4) is 0 Å². The number of nitrogens with one attached hydrogen (secondary N) is 1. The quantitative estimate of drug-likeness (QED) is 0.733. The van der Waals surface area contributed by atoms with Gasteiger partial charge in [-0.1, -0.05) is 6.07 Å². The standard InChI is InChI=1S/C13H13ClN4/c14-4-3-11-6-16-13-2-1-10(5-12(11)13)7-18-9-15-8-17-18/h1-2,5-6,8-9,16H,3-4,7H2. The van der Waals surface area contributed by atoms with Gasteiger partial charge >= 0.3 is 0 Å². The van der Waals surface area contributed by atoms with Crippen LogP contribution < -0.4 is 0 Å². The van der Waals surface area contributed by atoms with Crippen molar-refractivity contribution in [2.75, 3.05) is 5.88 Å². The van der Waals surface area contributed by atoms with E-state index in [1.54, 1.807) is 12.7 Å². The van der Waals surface area contributed by atoms with Crippen molar-refractivity contribution in [3.8, 4) is 0 Å². The first kappa shape index (κ1) is 11.3. The van der Waals surface area contributed by atoms with E-state index in [4.69, 9.17) is 11.6 Å². The van der Waals surface area contributed by atoms with E-state index in [-0.39, 0.29) is 0 Å². The molecular weight excluding hydrogens is 248 g/mol. The molecule has 0 aliphatic heterocycles. The van der Waals surface area contributed by atoms with E-state index in [1.165, 1.54) is 16.5 Å². The Hall–Kier alpha value is -1.81. The molecule has 2 aromatic heterocycles. The number of nitrogens with zero attached hydrogens (tertiary/aromatic N) is 3. The Morgan fingerprint density at radius 1 is 1.33 bits per heavy atom. The molecule has 5 heteroatoms. The highest BCUT2D eigenvalue weighted by molar-refractivity contribution is 6.18. The van der Waals surface area contributed by atoms with E-state index in [1.807, 2.05) is 10.9 Å². The lowest BCUT2D eigenvalue weighted by Crippen LogP contribution is -1.99. The van der Waals surface area contributed by atoms with Gasteiger partial charge in [-0.25, -0.2) is 9.67 Å². The van der Waals surface area contributed by atoms with Crippen LogP contribution in [0.2, 0.25) is 0 Å². The van der Waals surface area contributed by atoms with Crippen LogP contribution in [0.25, 0.3) is 10.9 Å². The molecule has 1 N–H and O–H groups in total. The summed E-state index contributed by atoms with van der Waals surface area (Å²) in [4.78, 5) is 7.21. The van der Waals surface area contributed by atoms with Gasteiger partial charge in [0.05, 0.1) is 6.54 Å². The second-order valence-corrected chi connectivity index (χ2v) is 4.60. The Morgan fingerprint density at radius 2 is 2.28 bits per heavy atom. The molecule has 18 heavy (non-hydrogen) atoms. The fraction of sp³-hybridized carbons (Fsp3) is 0.231. The predicted molar refractivity (Wildman–Crippen MR) is 71.8 cm³/mol. The topological polar surface area (TPSA) is 46.5 Å². The molecule has 3 aromatic rings. The molecule has 92 valence electrons. The number of hydrogen-bond donors (Lipinski definition) is 1. The lowest BCUT2D eigenvalue weighted by atomic mass is 10.1. The van der Waals surface area contributed by atoms with Crippen LogP contribution in [0.1, 0.15) is 11.1 Å². The lowest BCUT2D eigenvalue weighted by Gasteiger charge is -2.02. The molecule has 0 saturated heterocycles. The van der Waals surface area contributed by atoms with Gasteiger partial charge in [0, 0.05) is 23.0 Å². The van der Waals surface area contributed by atoms with E-state index >= 15 is 0 Å². The maximum Gasteiger partial charge on any atom is 0.137 e. The van der Waals surface area contributed by atoms with Crippen LogP contribution in [0.5, 0.6) is 0 Å². The van der Waals surface area contributed by atoms with Gasteiger partial charge in [-0.05, 0) is 29.7 Å². The van der Waals surface area contributed by atoms with Gasteiger partial charge in [0.25, 0.3) is 0 Å². The SMILES string of the molecule is ClCCc1c[nH]c2ccc(Cn3cncn3)cc12. The van der Waals surface area contributed by atoms with Crippen molar-refractivity contribution in [3.05, 3.63) is 48.2 Å². The molecule has 0 unspecified atom stereocenters. The third-order valence-corrected chi connectivity index (χ3v) is 3.20. The van der Waals surface area contributed by atoms with E-state index in [0.717, 1.165) is 18.5 Å². The first-order chi connectivity index (χ1) is 8.86. The number of aromatic amines is 1. The van der Waals surface area contributed by atoms with Crippen molar-refractivity contribution in [2.24, 2.45) is 0 Å². The minimum Gasteiger partial charge on any atom is -0.361 e. The first-order valence-corrected chi connectivity index (χ1v) is 6.37. The maximum absolute atomic E-state index is 5.81. The Labute approximate surface area is 110 Å². The highest BCUT2D eigenvalue weighted by atomic mass is 35.5. The van der Waals surface area contributed by atoms with Gasteiger partial charge in [0.2, 0.25) is 0 Å². The highest BCUT2D eigenvalue weighted by Crippen LogP contribution is 2.21. The largest absolute Gasteiger partial charge is 0.361 e. The number of alkyl halides is 1. The van der Waals surface area contributed by atoms with E-state index in [9.17, 15) is 0 Å². The summed E-state index contributed by atoms with van der Waals surface area (Å²) in [5.74, 6) is 0.639. The summed E-state index contributed by atoms with van der Waals surface area (Å²) in [5.41, 5.74) is 3.63. The highest BCUT2D eigenvalue weighted by Gasteiger charge is 2.04. The van der Waals surface area contributed by atoms with Crippen LogP contribution in [0.4, 0.5) is 0 Å². The summed E-state index contributed by atoms with van der Waals surface area (Å²) < 4.78 is 1.81. The molecule has 0 radical (unpaired) electrons. The molecule has 0 aliphatic carbocycles. The summed E-state index contributed by atoms with van der Waals surface area (Å²) in [5, 5.41) is 5.36. The van der Waals surface area contributed by atoms with Crippen LogP contribution in [0.15, 0.2) is 37.1 Å². The van der Waals surface area contributed by atoms with Crippen LogP contribution in [-0.4, -0.2) is 25.6 Å². The maximum atomic E-state index is 5.81. The van der Waals surface area contributed by atoms with Crippen molar-refractivity contribution >= 4 is 22.5 Å². The normalized spacial score (nSPS) is 11.2. The summed E-state index contributed by atoms with van der Waals surface area (Å²) in [7, 11) is 0. The summed E-state index contributed by atoms with van der Waals surface area (Å²) in [6, 6.07) is 6.39. The monoisotopic (exact) mass is 260 g/mol. The number of rotatable bonds is 4. The zero-order chi connectivity index (χ0) is 12.4. The molecule has 3 rings (SSSR count). The molecule has 2 heterocycles. The van der Waals surface area contributed by atoms with Gasteiger partial charge in [-0.3, -0.25) is 0 Å². The lowest BCUT2D eigenvalue weighted by molar-refractivity contribution is 0.685. The number of aryl methyl sites for hydroxylation is 1. The van der Waals surface area contributed by atoms with Crippen LogP contribution in [0, 0.1) is 0 Å². The first-order valence-electron chi connectivity index (χ1n) is 5.84. The molecule has 4 nitrogen and oxygen atoms in total. The second kappa shape index (κ2) is 4.82. The van der Waals surface area contributed by atoms with Crippen LogP contribution in [-0.2, 0) is 13.0 Å². The minimum atomic E-state index is 0.639. The van der Waals surface area contributed by atoms with Gasteiger partial charge in [-0.15, -0.1) is 11.6 Å². The Balaban J connectivity index is 1.96. The van der Waals surface area contributed by atoms with Gasteiger partial charge in [0.1, 0.15) is 12.7 Å². The summed E-state index contributed by atoms with van der Waals surface area (Å²) in [6.45, 7) is 0.738. The minimum absolute atomic E-state index is 0.639. The molecule has 0 saturated carbocycles. The number of H-pyrrole nitrogens is 1. The van der Waals surface area contributed by atoms with E-state index in [0.29, 0.717) is 5.88 Å². The third kappa shape index (κ3) is 2.11. The third-order valence-electron chi connectivity index (χ3n) is 3.01. The van der Waals surface area contributed by atoms with Crippen molar-refractivity contribution in [3.63, 3.8) is 0 Å². The predicted octanol–water partition coefficient (Wildman–Crippen LogP) is 2.59. The number of halogens is 1. The fourth-order valence-electron chi connectivity index (χ4n) is 2.13. The fourth-order valence-corrected chi connectivity index (χ4v) is 2.34. The number of hydrogen-bond acceptors (Lipinski definition) is 2. The van der Waals surface area contributed by atoms with Gasteiger partial charge < -0.3 is 4.98 Å². The average molecular weight is 261 g/mol. The van der Waals surface area contributed by atoms with Crippen molar-refractivity contribution in [1.82, 2.24) is 19.7 Å². The van der Waals surface area contributed by atoms with Crippen molar-refractivity contribution < 1.29 is 0 Å². The number of benzene rings is 1. The van der Waals surface area contributed by atoms with Crippen molar-refractivity contribution in [2.45, 2.75) is 13.0 Å². The molecule has 1 aromatic carbocycles. The molecule has 0 fully saturated rings. The van der Waals surface area contributed by atoms with E-state index < -0.39 is 0 Å². The van der Waals surface area contributed by atoms with Crippen LogP contribution >= 0.6 is 11.6 Å². The number of fused-ring (bicyclic) bond motifs is 1. The second-order valence-electron chi connectivity index (χ2n) is 4.23. The zero-order valence-corrected chi connectivity index (χ0v) is 10.6. The van der Waals surface area contributed by atoms with E-state index in [2.05, 4.69) is 33.3 Å². The summed E-state index contributed by atoms with van der Waals surface area (Å²) >= 11 is 5.81. The smallest absolute Gasteiger partial charge is 0.137 e. The van der Waals surface area contributed by atoms with Gasteiger partial charge in [-0.2, -0.15) is 5.10 Å². The summed E-state index contributed by atoms with van der Waals surface area (Å²) in [6.07, 6.45) is 6.19. The Kier molecular flexibility index (Phi) is 3.02. The number of aromatic nitrogens is 4. The Morgan fingerprint density at radius 3 is 3.06 bits per heavy atom. The van der Waals surface area contributed by atoms with Crippen molar-refractivity contribution in [1.29, 1.82) is 0 Å². The molecule has 0 aliphatic rings. The van der Waals surface area contributed by atoms with Gasteiger partial charge in [0.15, 0.2) is 0 Å². The molecule has 0 amide bonds. The molecule has 0 atom stereocenters. The zero-order valence-electron chi connectivity index (χ0n) is 9.81. The molecule has 0 spiro atoms. The average Bonchev–Trinajstić information content (AvgIpc) is 3.00. The Bertz CT molecular complexity index is 642.